The molecular formula is C43H27N3O2. The van der Waals surface area contributed by atoms with Crippen LogP contribution in [0.5, 0.6) is 0 Å². The Morgan fingerprint density at radius 1 is 0.521 bits per heavy atom. The van der Waals surface area contributed by atoms with E-state index in [-0.39, 0.29) is 5.92 Å². The third-order valence-electron chi connectivity index (χ3n) is 9.46. The minimum Gasteiger partial charge on any atom is -0.456 e. The molecule has 5 nitrogen and oxygen atoms in total. The van der Waals surface area contributed by atoms with Gasteiger partial charge in [-0.2, -0.15) is 0 Å². The molecule has 9 aromatic rings. The highest BCUT2D eigenvalue weighted by molar-refractivity contribution is 6.13. The molecule has 1 aliphatic rings. The number of fused-ring (bicyclic) bond motifs is 7. The average molecular weight is 618 g/mol. The van der Waals surface area contributed by atoms with Crippen LogP contribution >= 0.6 is 0 Å². The Hall–Kier alpha value is -6.33. The highest BCUT2D eigenvalue weighted by atomic mass is 16.3. The summed E-state index contributed by atoms with van der Waals surface area (Å²) in [5.41, 5.74) is 7.50. The van der Waals surface area contributed by atoms with E-state index < -0.39 is 0 Å². The molecule has 1 unspecified atom stereocenters. The summed E-state index contributed by atoms with van der Waals surface area (Å²) in [5.74, 6) is 2.01. The van der Waals surface area contributed by atoms with Gasteiger partial charge in [-0.3, -0.25) is 0 Å². The third kappa shape index (κ3) is 4.28. The number of benzene rings is 6. The molecule has 0 saturated carbocycles. The molecule has 226 valence electrons. The standard InChI is InChI=1S/C43H27N3O2/c1-2-11-27(12-3-1)41-44-42(30-21-20-26-10-4-5-13-28(26)24-30)46-43(45-41)33-16-9-19-38-40(33)39-31(15-8-18-37(39)48-38)29-22-23-36-34(25-29)32-14-6-7-17-35(32)47-36/h1-21,23-25,29H,22H2. The lowest BCUT2D eigenvalue weighted by Gasteiger charge is -2.15. The molecule has 0 bridgehead atoms. The summed E-state index contributed by atoms with van der Waals surface area (Å²) in [6.45, 7) is 0. The zero-order valence-electron chi connectivity index (χ0n) is 25.8. The fraction of sp³-hybridized carbons (Fsp3) is 0.0465. The Morgan fingerprint density at radius 3 is 2.12 bits per heavy atom. The summed E-state index contributed by atoms with van der Waals surface area (Å²) < 4.78 is 12.7. The number of para-hydroxylation sites is 1. The summed E-state index contributed by atoms with van der Waals surface area (Å²) in [5, 5.41) is 6.69. The smallest absolute Gasteiger partial charge is 0.164 e. The van der Waals surface area contributed by atoms with Crippen LogP contribution in [0.3, 0.4) is 0 Å². The van der Waals surface area contributed by atoms with E-state index in [2.05, 4.69) is 91.0 Å². The topological polar surface area (TPSA) is 65.0 Å². The predicted octanol–water partition coefficient (Wildman–Crippen LogP) is 9.42. The molecule has 5 heteroatoms. The van der Waals surface area contributed by atoms with E-state index in [4.69, 9.17) is 23.8 Å². The lowest BCUT2D eigenvalue weighted by molar-refractivity contribution is 0.570. The van der Waals surface area contributed by atoms with E-state index in [0.29, 0.717) is 17.5 Å². The van der Waals surface area contributed by atoms with Gasteiger partial charge < -0.3 is 8.83 Å². The Morgan fingerprint density at radius 2 is 1.23 bits per heavy atom. The average Bonchev–Trinajstić information content (AvgIpc) is 3.73. The van der Waals surface area contributed by atoms with Gasteiger partial charge in [-0.05, 0) is 53.1 Å². The monoisotopic (exact) mass is 617 g/mol. The van der Waals surface area contributed by atoms with Crippen molar-refractivity contribution < 1.29 is 8.83 Å². The summed E-state index contributed by atoms with van der Waals surface area (Å²) in [4.78, 5) is 15.3. The summed E-state index contributed by atoms with van der Waals surface area (Å²) in [6, 6.07) is 45.6. The molecule has 48 heavy (non-hydrogen) atoms. The molecule has 10 rings (SSSR count). The highest BCUT2D eigenvalue weighted by Gasteiger charge is 2.23. The molecule has 0 saturated heterocycles. The first-order valence-corrected chi connectivity index (χ1v) is 16.2. The van der Waals surface area contributed by atoms with Crippen molar-refractivity contribution in [3.8, 4) is 34.2 Å². The maximum atomic E-state index is 6.53. The van der Waals surface area contributed by atoms with Crippen LogP contribution in [-0.2, 0) is 0 Å². The third-order valence-corrected chi connectivity index (χ3v) is 9.46. The Balaban J connectivity index is 1.21. The quantitative estimate of drug-likeness (QED) is 0.197. The van der Waals surface area contributed by atoms with Gasteiger partial charge in [0, 0.05) is 44.0 Å². The van der Waals surface area contributed by atoms with Crippen LogP contribution in [0.25, 0.3) is 90.0 Å². The van der Waals surface area contributed by atoms with Crippen molar-refractivity contribution in [2.45, 2.75) is 12.3 Å². The second-order valence-electron chi connectivity index (χ2n) is 12.3. The normalized spacial score (nSPS) is 14.3. The number of hydrogen-bond donors (Lipinski definition) is 0. The largest absolute Gasteiger partial charge is 0.456 e. The number of hydrogen-bond acceptors (Lipinski definition) is 5. The van der Waals surface area contributed by atoms with Crippen molar-refractivity contribution in [1.29, 1.82) is 0 Å². The first-order valence-electron chi connectivity index (χ1n) is 16.2. The van der Waals surface area contributed by atoms with Crippen molar-refractivity contribution in [3.05, 3.63) is 150 Å². The summed E-state index contributed by atoms with van der Waals surface area (Å²) in [6.07, 6.45) is 5.40. The Kier molecular flexibility index (Phi) is 5.93. The second kappa shape index (κ2) is 10.6. The van der Waals surface area contributed by atoms with Gasteiger partial charge in [0.25, 0.3) is 0 Å². The molecule has 0 radical (unpaired) electrons. The van der Waals surface area contributed by atoms with Gasteiger partial charge in [-0.1, -0.05) is 115 Å². The summed E-state index contributed by atoms with van der Waals surface area (Å²) >= 11 is 0. The number of furan rings is 2. The predicted molar refractivity (Wildman–Crippen MR) is 193 cm³/mol. The summed E-state index contributed by atoms with van der Waals surface area (Å²) in [7, 11) is 0. The van der Waals surface area contributed by atoms with Gasteiger partial charge in [0.2, 0.25) is 0 Å². The van der Waals surface area contributed by atoms with Gasteiger partial charge in [-0.15, -0.1) is 0 Å². The molecule has 0 amide bonds. The van der Waals surface area contributed by atoms with E-state index in [1.807, 2.05) is 54.6 Å². The first kappa shape index (κ1) is 26.8. The van der Waals surface area contributed by atoms with Crippen molar-refractivity contribution in [2.75, 3.05) is 0 Å². The van der Waals surface area contributed by atoms with E-state index in [1.165, 1.54) is 10.9 Å². The molecule has 0 fully saturated rings. The highest BCUT2D eigenvalue weighted by Crippen LogP contribution is 2.41. The maximum absolute atomic E-state index is 6.53. The van der Waals surface area contributed by atoms with Crippen LogP contribution in [0, 0.1) is 0 Å². The SMILES string of the molecule is C1=c2oc3ccccc3c2=CC(c2cccc3oc4cccc(-c5nc(-c6ccccc6)nc(-c6ccc7ccccc7c6)n5)c4c23)C1. The molecule has 1 aliphatic carbocycles. The molecule has 0 aliphatic heterocycles. The van der Waals surface area contributed by atoms with E-state index >= 15 is 0 Å². The minimum atomic E-state index is 0.141. The van der Waals surface area contributed by atoms with Crippen molar-refractivity contribution in [1.82, 2.24) is 15.0 Å². The fourth-order valence-electron chi connectivity index (χ4n) is 7.19. The molecule has 3 aromatic heterocycles. The van der Waals surface area contributed by atoms with Crippen molar-refractivity contribution in [2.24, 2.45) is 0 Å². The fourth-order valence-corrected chi connectivity index (χ4v) is 7.19. The Bertz CT molecular complexity index is 2830. The zero-order valence-corrected chi connectivity index (χ0v) is 25.8. The zero-order chi connectivity index (χ0) is 31.6. The van der Waals surface area contributed by atoms with Gasteiger partial charge in [-0.25, -0.2) is 15.0 Å². The molecular weight excluding hydrogens is 590 g/mol. The van der Waals surface area contributed by atoms with Crippen molar-refractivity contribution >= 4 is 55.8 Å². The first-order chi connectivity index (χ1) is 23.8. The lowest BCUT2D eigenvalue weighted by atomic mass is 9.88. The molecule has 3 heterocycles. The van der Waals surface area contributed by atoms with Crippen molar-refractivity contribution in [3.63, 3.8) is 0 Å². The molecule has 0 spiro atoms. The van der Waals surface area contributed by atoms with E-state index in [0.717, 1.165) is 72.0 Å². The van der Waals surface area contributed by atoms with E-state index in [9.17, 15) is 0 Å². The van der Waals surface area contributed by atoms with Gasteiger partial charge in [0.1, 0.15) is 22.2 Å². The number of aromatic nitrogens is 3. The number of nitrogens with zero attached hydrogens (tertiary/aromatic N) is 3. The number of rotatable bonds is 4. The van der Waals surface area contributed by atoms with Gasteiger partial charge in [0.15, 0.2) is 17.5 Å². The van der Waals surface area contributed by atoms with Gasteiger partial charge >= 0.3 is 0 Å². The second-order valence-corrected chi connectivity index (χ2v) is 12.3. The van der Waals surface area contributed by atoms with Crippen LogP contribution in [0.1, 0.15) is 17.9 Å². The Labute approximate surface area is 275 Å². The molecule has 6 aromatic carbocycles. The van der Waals surface area contributed by atoms with Crippen LogP contribution in [0.4, 0.5) is 0 Å². The maximum Gasteiger partial charge on any atom is 0.164 e. The lowest BCUT2D eigenvalue weighted by Crippen LogP contribution is -2.25. The van der Waals surface area contributed by atoms with Crippen LogP contribution in [-0.4, -0.2) is 15.0 Å². The minimum absolute atomic E-state index is 0.141. The van der Waals surface area contributed by atoms with Crippen LogP contribution in [0.2, 0.25) is 0 Å². The van der Waals surface area contributed by atoms with Crippen LogP contribution < -0.4 is 10.6 Å². The van der Waals surface area contributed by atoms with Gasteiger partial charge in [0.05, 0.1) is 0 Å². The van der Waals surface area contributed by atoms with E-state index in [1.54, 1.807) is 0 Å². The van der Waals surface area contributed by atoms with Crippen LogP contribution in [0.15, 0.2) is 142 Å². The molecule has 1 atom stereocenters. The molecule has 0 N–H and O–H groups in total.